The summed E-state index contributed by atoms with van der Waals surface area (Å²) in [5, 5.41) is 0. The van der Waals surface area contributed by atoms with E-state index in [0.717, 1.165) is 18.4 Å². The summed E-state index contributed by atoms with van der Waals surface area (Å²) in [4.78, 5) is 7.59. The molecule has 0 saturated carbocycles. The van der Waals surface area contributed by atoms with Gasteiger partial charge in [-0.25, -0.2) is 0 Å². The first-order valence-corrected chi connectivity index (χ1v) is 19.9. The Hall–Kier alpha value is -0.421. The Kier molecular flexibility index (Phi) is 13.6. The summed E-state index contributed by atoms with van der Waals surface area (Å²) in [5.74, 6) is 6.56. The Labute approximate surface area is 156 Å². The van der Waals surface area contributed by atoms with E-state index < -0.39 is 18.4 Å². The van der Waals surface area contributed by atoms with E-state index in [4.69, 9.17) is 0 Å². The van der Waals surface area contributed by atoms with E-state index in [9.17, 15) is 0 Å². The summed E-state index contributed by atoms with van der Waals surface area (Å²) in [5.41, 5.74) is 2.29. The molecule has 24 heavy (non-hydrogen) atoms. The topological polar surface area (TPSA) is 0 Å². The zero-order chi connectivity index (χ0) is 18.4. The Morgan fingerprint density at radius 1 is 0.917 bits per heavy atom. The fraction of sp³-hybridized carbons (Fsp3) is 0.652. The van der Waals surface area contributed by atoms with Crippen LogP contribution in [0.4, 0.5) is 0 Å². The van der Waals surface area contributed by atoms with Crippen LogP contribution in [0.2, 0.25) is 14.8 Å². The average molecular weight is 435 g/mol. The molecule has 136 valence electrons. The van der Waals surface area contributed by atoms with E-state index in [2.05, 4.69) is 59.2 Å². The van der Waals surface area contributed by atoms with Crippen LogP contribution in [-0.2, 0) is 0 Å². The molecule has 0 amide bonds. The molecular weight excluding hydrogens is 395 g/mol. The first kappa shape index (κ1) is 23.6. The second kappa shape index (κ2) is 13.8. The molecule has 0 aromatic rings. The second-order valence-electron chi connectivity index (χ2n) is 7.90. The molecule has 0 unspecified atom stereocenters. The molecule has 0 rings (SSSR count). The molecule has 0 aliphatic heterocycles. The molecule has 0 aliphatic rings. The van der Waals surface area contributed by atoms with Gasteiger partial charge in [0.05, 0.1) is 0 Å². The van der Waals surface area contributed by atoms with Crippen LogP contribution in [0.1, 0.15) is 78.6 Å². The van der Waals surface area contributed by atoms with E-state index in [1.54, 1.807) is 3.59 Å². The van der Waals surface area contributed by atoms with Gasteiger partial charge in [-0.15, -0.1) is 0 Å². The molecule has 1 heteroatoms. The van der Waals surface area contributed by atoms with Crippen LogP contribution >= 0.6 is 0 Å². The Morgan fingerprint density at radius 3 is 2.12 bits per heavy atom. The molecule has 0 fully saturated rings. The van der Waals surface area contributed by atoms with Crippen molar-refractivity contribution in [2.75, 3.05) is 0 Å². The van der Waals surface area contributed by atoms with Gasteiger partial charge in [-0.1, -0.05) is 0 Å². The van der Waals surface area contributed by atoms with Crippen LogP contribution in [0.3, 0.4) is 0 Å². The Balaban J connectivity index is 5.03. The monoisotopic (exact) mass is 436 g/mol. The predicted octanol–water partition coefficient (Wildman–Crippen LogP) is 7.85. The summed E-state index contributed by atoms with van der Waals surface area (Å²) in [7, 11) is 0. The van der Waals surface area contributed by atoms with Crippen molar-refractivity contribution in [1.82, 2.24) is 0 Å². The number of allylic oxidation sites excluding steroid dienone is 5. The van der Waals surface area contributed by atoms with Crippen LogP contribution < -0.4 is 0 Å². The quantitative estimate of drug-likeness (QED) is 0.176. The zero-order valence-electron chi connectivity index (χ0n) is 17.2. The number of hydrogen-bond donors (Lipinski definition) is 0. The van der Waals surface area contributed by atoms with Gasteiger partial charge in [0.2, 0.25) is 0 Å². The van der Waals surface area contributed by atoms with Crippen molar-refractivity contribution in [1.29, 1.82) is 0 Å². The van der Waals surface area contributed by atoms with Crippen molar-refractivity contribution >= 4 is 18.4 Å². The van der Waals surface area contributed by atoms with Gasteiger partial charge in [0.15, 0.2) is 0 Å². The van der Waals surface area contributed by atoms with Gasteiger partial charge in [0.1, 0.15) is 0 Å². The van der Waals surface area contributed by atoms with Crippen molar-refractivity contribution < 1.29 is 0 Å². The maximum absolute atomic E-state index is 3.92. The normalized spacial score (nSPS) is 12.8. The molecule has 0 heterocycles. The van der Waals surface area contributed by atoms with Crippen molar-refractivity contribution in [2.24, 2.45) is 0 Å². The summed E-state index contributed by atoms with van der Waals surface area (Å²) in [6.07, 6.45) is 16.3. The first-order chi connectivity index (χ1) is 11.3. The molecule has 0 N–H and O–H groups in total. The van der Waals surface area contributed by atoms with Gasteiger partial charge in [0, 0.05) is 0 Å². The van der Waals surface area contributed by atoms with Gasteiger partial charge in [-0.05, 0) is 0 Å². The number of rotatable bonds is 11. The zero-order valence-corrected chi connectivity index (χ0v) is 20.1. The van der Waals surface area contributed by atoms with Crippen LogP contribution in [0, 0.1) is 11.8 Å². The summed E-state index contributed by atoms with van der Waals surface area (Å²) in [6.45, 7) is 10.4. The standard InChI is InChI=1S/C20H31.3CH3.Sn/c1-5-7-9-11-12-14-16-20(18-17-19(3)4)15-13-10-8-6-2;;;;/h11,16H,3,5-10,13-15H2,1-2,4H3;3*1H3;/b12-11?,20-16-;;;;. The molecule has 0 aromatic carbocycles. The van der Waals surface area contributed by atoms with E-state index in [-0.39, 0.29) is 0 Å². The molecule has 0 radical (unpaired) electrons. The van der Waals surface area contributed by atoms with Crippen molar-refractivity contribution in [3.05, 3.63) is 33.5 Å². The molecule has 0 aromatic heterocycles. The Morgan fingerprint density at radius 2 is 1.58 bits per heavy atom. The molecule has 0 aliphatic carbocycles. The van der Waals surface area contributed by atoms with E-state index in [1.807, 2.05) is 6.92 Å². The third-order valence-electron chi connectivity index (χ3n) is 4.22. The predicted molar refractivity (Wildman–Crippen MR) is 115 cm³/mol. The molecule has 0 atom stereocenters. The number of hydrogen-bond acceptors (Lipinski definition) is 0. The summed E-state index contributed by atoms with van der Waals surface area (Å²) < 4.78 is 1.75. The molecule has 0 bridgehead atoms. The minimum atomic E-state index is -2.00. The molecule has 0 spiro atoms. The first-order valence-electron chi connectivity index (χ1n) is 9.87. The molecular formula is C23H40Sn. The van der Waals surface area contributed by atoms with Crippen LogP contribution in [-0.4, -0.2) is 18.4 Å². The summed E-state index contributed by atoms with van der Waals surface area (Å²) in [6, 6.07) is 0. The maximum atomic E-state index is 3.92. The third kappa shape index (κ3) is 12.9. The fourth-order valence-electron chi connectivity index (χ4n) is 2.55. The second-order valence-corrected chi connectivity index (χ2v) is 22.6. The van der Waals surface area contributed by atoms with E-state index in [1.165, 1.54) is 50.5 Å². The van der Waals surface area contributed by atoms with Gasteiger partial charge in [-0.2, -0.15) is 0 Å². The minimum absolute atomic E-state index is 0.961. The average Bonchev–Trinajstić information content (AvgIpc) is 2.50. The van der Waals surface area contributed by atoms with Gasteiger partial charge < -0.3 is 0 Å². The van der Waals surface area contributed by atoms with Crippen molar-refractivity contribution in [2.45, 2.75) is 93.4 Å². The van der Waals surface area contributed by atoms with Crippen molar-refractivity contribution in [3.63, 3.8) is 0 Å². The number of unbranched alkanes of at least 4 members (excludes halogenated alkanes) is 5. The Bertz CT molecular complexity index is 474. The van der Waals surface area contributed by atoms with Crippen LogP contribution in [0.25, 0.3) is 0 Å². The van der Waals surface area contributed by atoms with Crippen molar-refractivity contribution in [3.8, 4) is 11.8 Å². The SMILES string of the molecule is C=C(C)C#C/C(=C\C/[C](=C/CCCC)[Sn]([CH3])([CH3])[CH3])CCCCCC. The van der Waals surface area contributed by atoms with E-state index in [0.29, 0.717) is 0 Å². The van der Waals surface area contributed by atoms with Crippen LogP contribution in [0.15, 0.2) is 33.5 Å². The molecule has 0 nitrogen and oxygen atoms in total. The van der Waals surface area contributed by atoms with Gasteiger partial charge in [0.25, 0.3) is 0 Å². The van der Waals surface area contributed by atoms with E-state index >= 15 is 0 Å². The third-order valence-corrected chi connectivity index (χ3v) is 10.9. The van der Waals surface area contributed by atoms with Gasteiger partial charge in [-0.3, -0.25) is 0 Å². The fourth-order valence-corrected chi connectivity index (χ4v) is 6.75. The summed E-state index contributed by atoms with van der Waals surface area (Å²) >= 11 is -2.00. The molecule has 0 saturated heterocycles. The van der Waals surface area contributed by atoms with Crippen LogP contribution in [0.5, 0.6) is 0 Å². The van der Waals surface area contributed by atoms with Gasteiger partial charge >= 0.3 is 157 Å².